The van der Waals surface area contributed by atoms with Crippen LogP contribution in [0, 0.1) is 26.6 Å². The van der Waals surface area contributed by atoms with Crippen LogP contribution in [0.2, 0.25) is 0 Å². The van der Waals surface area contributed by atoms with Crippen LogP contribution in [0.4, 0.5) is 4.39 Å². The molecule has 0 aliphatic heterocycles. The minimum Gasteiger partial charge on any atom is -0.468 e. The van der Waals surface area contributed by atoms with Crippen molar-refractivity contribution in [1.29, 1.82) is 0 Å². The van der Waals surface area contributed by atoms with Gasteiger partial charge < -0.3 is 4.74 Å². The van der Waals surface area contributed by atoms with E-state index < -0.39 is 0 Å². The second-order valence-corrected chi connectivity index (χ2v) is 5.83. The zero-order chi connectivity index (χ0) is 20.1. The van der Waals surface area contributed by atoms with Crippen molar-refractivity contribution in [3.8, 4) is 11.1 Å². The first kappa shape index (κ1) is 23.8. The Morgan fingerprint density at radius 1 is 1.00 bits per heavy atom. The second-order valence-electron chi connectivity index (χ2n) is 5.83. The number of halogens is 1. The molecule has 0 fully saturated rings. The molecule has 0 amide bonds. The van der Waals surface area contributed by atoms with Crippen molar-refractivity contribution in [2.45, 2.75) is 61.3 Å². The van der Waals surface area contributed by atoms with E-state index in [-0.39, 0.29) is 5.82 Å². The molecule has 0 heterocycles. The van der Waals surface area contributed by atoms with Crippen LogP contribution >= 0.6 is 0 Å². The molecule has 2 rings (SSSR count). The summed E-state index contributed by atoms with van der Waals surface area (Å²) in [6.07, 6.45) is 1.76. The van der Waals surface area contributed by atoms with E-state index in [0.717, 1.165) is 29.5 Å². The summed E-state index contributed by atoms with van der Waals surface area (Å²) in [7, 11) is 0. The monoisotopic (exact) mass is 360 g/mol. The number of aryl methyl sites for hydroxylation is 4. The van der Waals surface area contributed by atoms with Gasteiger partial charge in [0.15, 0.2) is 0 Å². The molecule has 0 unspecified atom stereocenters. The SMILES string of the molecule is CC.CCCc1cc(-c2c(C)cccc2C)cc(C)c1F.CCOC=O. The van der Waals surface area contributed by atoms with Gasteiger partial charge in [-0.05, 0) is 79.6 Å². The van der Waals surface area contributed by atoms with Crippen LogP contribution in [0.1, 0.15) is 56.4 Å². The van der Waals surface area contributed by atoms with Gasteiger partial charge in [-0.2, -0.15) is 0 Å². The predicted octanol–water partition coefficient (Wildman–Crippen LogP) is 6.58. The molecule has 0 spiro atoms. The van der Waals surface area contributed by atoms with Gasteiger partial charge in [-0.3, -0.25) is 4.79 Å². The summed E-state index contributed by atoms with van der Waals surface area (Å²) in [5.74, 6) is -0.0446. The number of carbonyl (C=O) groups is 1. The number of carbonyl (C=O) groups excluding carboxylic acids is 1. The molecule has 2 aromatic carbocycles. The van der Waals surface area contributed by atoms with Crippen LogP contribution in [0.5, 0.6) is 0 Å². The van der Waals surface area contributed by atoms with Crippen molar-refractivity contribution in [2.24, 2.45) is 0 Å². The van der Waals surface area contributed by atoms with Gasteiger partial charge in [0.25, 0.3) is 6.47 Å². The molecule has 0 bridgehead atoms. The minimum atomic E-state index is -0.0446. The number of hydrogen-bond donors (Lipinski definition) is 0. The Morgan fingerprint density at radius 2 is 1.58 bits per heavy atom. The van der Waals surface area contributed by atoms with Crippen LogP contribution < -0.4 is 0 Å². The average molecular weight is 361 g/mol. The lowest BCUT2D eigenvalue weighted by atomic mass is 9.92. The zero-order valence-corrected chi connectivity index (χ0v) is 17.3. The van der Waals surface area contributed by atoms with Gasteiger partial charge in [-0.1, -0.05) is 45.4 Å². The first-order chi connectivity index (χ1) is 12.5. The molecule has 0 radical (unpaired) electrons. The summed E-state index contributed by atoms with van der Waals surface area (Å²) in [4.78, 5) is 9.18. The molecule has 0 N–H and O–H groups in total. The molecule has 144 valence electrons. The van der Waals surface area contributed by atoms with E-state index in [1.54, 1.807) is 6.92 Å². The van der Waals surface area contributed by atoms with Crippen molar-refractivity contribution in [1.82, 2.24) is 0 Å². The van der Waals surface area contributed by atoms with Gasteiger partial charge in [-0.25, -0.2) is 4.39 Å². The fourth-order valence-corrected chi connectivity index (χ4v) is 2.78. The quantitative estimate of drug-likeness (QED) is 0.563. The van der Waals surface area contributed by atoms with Gasteiger partial charge in [0, 0.05) is 0 Å². The highest BCUT2D eigenvalue weighted by Crippen LogP contribution is 2.30. The summed E-state index contributed by atoms with van der Waals surface area (Å²) < 4.78 is 18.2. The Labute approximate surface area is 158 Å². The average Bonchev–Trinajstić information content (AvgIpc) is 2.62. The molecular weight excluding hydrogens is 327 g/mol. The van der Waals surface area contributed by atoms with E-state index in [9.17, 15) is 9.18 Å². The lowest BCUT2D eigenvalue weighted by Gasteiger charge is -2.13. The number of ether oxygens (including phenoxy) is 1. The Morgan fingerprint density at radius 3 is 2.00 bits per heavy atom. The smallest absolute Gasteiger partial charge is 0.293 e. The maximum absolute atomic E-state index is 14.1. The largest absolute Gasteiger partial charge is 0.468 e. The summed E-state index contributed by atoms with van der Waals surface area (Å²) in [6, 6.07) is 10.3. The number of hydrogen-bond acceptors (Lipinski definition) is 2. The number of rotatable bonds is 5. The van der Waals surface area contributed by atoms with Crippen molar-refractivity contribution in [2.75, 3.05) is 6.61 Å². The molecule has 0 aromatic heterocycles. The third-order valence-corrected chi connectivity index (χ3v) is 3.85. The van der Waals surface area contributed by atoms with Crippen LogP contribution in [0.25, 0.3) is 11.1 Å². The molecule has 0 aliphatic carbocycles. The molecule has 2 aromatic rings. The maximum Gasteiger partial charge on any atom is 0.293 e. The predicted molar refractivity (Wildman–Crippen MR) is 109 cm³/mol. The summed E-state index contributed by atoms with van der Waals surface area (Å²) >= 11 is 0. The molecule has 0 aliphatic rings. The van der Waals surface area contributed by atoms with Crippen LogP contribution in [-0.2, 0) is 16.0 Å². The maximum atomic E-state index is 14.1. The zero-order valence-electron chi connectivity index (χ0n) is 17.3. The molecule has 0 atom stereocenters. The first-order valence-electron chi connectivity index (χ1n) is 9.37. The molecule has 26 heavy (non-hydrogen) atoms. The third kappa shape index (κ3) is 6.99. The minimum absolute atomic E-state index is 0.0446. The van der Waals surface area contributed by atoms with E-state index in [1.165, 1.54) is 16.7 Å². The van der Waals surface area contributed by atoms with Gasteiger partial charge in [-0.15, -0.1) is 0 Å². The highest BCUT2D eigenvalue weighted by Gasteiger charge is 2.11. The van der Waals surface area contributed by atoms with E-state index in [0.29, 0.717) is 13.1 Å². The van der Waals surface area contributed by atoms with E-state index >= 15 is 0 Å². The molecule has 2 nitrogen and oxygen atoms in total. The van der Waals surface area contributed by atoms with Crippen molar-refractivity contribution < 1.29 is 13.9 Å². The fraction of sp³-hybridized carbons (Fsp3) is 0.435. The molecule has 3 heteroatoms. The van der Waals surface area contributed by atoms with Crippen molar-refractivity contribution >= 4 is 6.47 Å². The number of benzene rings is 2. The highest BCUT2D eigenvalue weighted by molar-refractivity contribution is 5.72. The van der Waals surface area contributed by atoms with Gasteiger partial charge in [0.1, 0.15) is 5.82 Å². The Bertz CT molecular complexity index is 658. The summed E-state index contributed by atoms with van der Waals surface area (Å²) in [5, 5.41) is 0. The highest BCUT2D eigenvalue weighted by atomic mass is 19.1. The van der Waals surface area contributed by atoms with Gasteiger partial charge in [0.2, 0.25) is 0 Å². The van der Waals surface area contributed by atoms with Crippen molar-refractivity contribution in [3.63, 3.8) is 0 Å². The lowest BCUT2D eigenvalue weighted by molar-refractivity contribution is -0.128. The Balaban J connectivity index is 0.000000772. The molecular formula is C23H33FO2. The van der Waals surface area contributed by atoms with Crippen LogP contribution in [-0.4, -0.2) is 13.1 Å². The van der Waals surface area contributed by atoms with E-state index in [2.05, 4.69) is 43.7 Å². The normalized spacial score (nSPS) is 9.38. The van der Waals surface area contributed by atoms with E-state index in [1.807, 2.05) is 32.9 Å². The Kier molecular flexibility index (Phi) is 12.0. The molecule has 0 saturated heterocycles. The summed E-state index contributed by atoms with van der Waals surface area (Å²) in [5.41, 5.74) is 6.44. The van der Waals surface area contributed by atoms with Crippen LogP contribution in [0.15, 0.2) is 30.3 Å². The van der Waals surface area contributed by atoms with Gasteiger partial charge >= 0.3 is 0 Å². The topological polar surface area (TPSA) is 26.3 Å². The van der Waals surface area contributed by atoms with Gasteiger partial charge in [0.05, 0.1) is 6.61 Å². The second kappa shape index (κ2) is 13.1. The Hall–Kier alpha value is -2.16. The van der Waals surface area contributed by atoms with Crippen molar-refractivity contribution in [3.05, 3.63) is 58.4 Å². The summed E-state index contributed by atoms with van der Waals surface area (Å²) in [6.45, 7) is 14.8. The fourth-order valence-electron chi connectivity index (χ4n) is 2.78. The van der Waals surface area contributed by atoms with E-state index in [4.69, 9.17) is 0 Å². The van der Waals surface area contributed by atoms with Crippen LogP contribution in [0.3, 0.4) is 0 Å². The molecule has 0 saturated carbocycles. The lowest BCUT2D eigenvalue weighted by Crippen LogP contribution is -1.96. The third-order valence-electron chi connectivity index (χ3n) is 3.85. The first-order valence-corrected chi connectivity index (χ1v) is 9.37. The standard InChI is InChI=1S/C18H21F.C3H6O2.C2H6/c1-5-7-15-11-16(10-14(4)18(15)19)17-12(2)8-6-9-13(17)3;1-2-5-3-4;1-2/h6,8-11H,5,7H2,1-4H3;3H,2H2,1H3;1-2H3.